The van der Waals surface area contributed by atoms with Gasteiger partial charge in [0.2, 0.25) is 5.91 Å². The smallest absolute Gasteiger partial charge is 0.242 e. The fourth-order valence-corrected chi connectivity index (χ4v) is 4.07. The number of rotatable bonds is 7. The highest BCUT2D eigenvalue weighted by atomic mass is 32.2. The van der Waals surface area contributed by atoms with E-state index >= 15 is 0 Å². The number of nitrogens with zero attached hydrogens (tertiary/aromatic N) is 3. The molecule has 1 aliphatic heterocycles. The Morgan fingerprint density at radius 2 is 1.89 bits per heavy atom. The Hall–Kier alpha value is -2.60. The summed E-state index contributed by atoms with van der Waals surface area (Å²) in [5.74, 6) is 0.846. The average molecular weight is 382 g/mol. The van der Waals surface area contributed by atoms with E-state index in [-0.39, 0.29) is 11.2 Å². The molecular formula is C21H23N3O2S. The summed E-state index contributed by atoms with van der Waals surface area (Å²) >= 11 is 1.50. The van der Waals surface area contributed by atoms with Crippen molar-refractivity contribution in [1.29, 1.82) is 0 Å². The van der Waals surface area contributed by atoms with E-state index in [9.17, 15) is 4.79 Å². The van der Waals surface area contributed by atoms with E-state index in [1.165, 1.54) is 11.8 Å². The van der Waals surface area contributed by atoms with Gasteiger partial charge in [0.15, 0.2) is 5.17 Å². The maximum atomic E-state index is 12.8. The summed E-state index contributed by atoms with van der Waals surface area (Å²) < 4.78 is 5.32. The summed E-state index contributed by atoms with van der Waals surface area (Å²) in [5.41, 5.74) is 1.92. The van der Waals surface area contributed by atoms with E-state index < -0.39 is 0 Å². The van der Waals surface area contributed by atoms with Crippen molar-refractivity contribution in [3.63, 3.8) is 0 Å². The molecule has 2 aromatic carbocycles. The first-order chi connectivity index (χ1) is 13.2. The number of carbonyl (C=O) groups excluding carboxylic acids is 1. The molecule has 1 saturated heterocycles. The number of thioether (sulfide) groups is 1. The Labute approximate surface area is 164 Å². The Bertz CT molecular complexity index is 836. The molecule has 0 bridgehead atoms. The number of para-hydroxylation sites is 1. The zero-order chi connectivity index (χ0) is 19.1. The number of amides is 1. The molecular weight excluding hydrogens is 358 g/mol. The van der Waals surface area contributed by atoms with Gasteiger partial charge in [-0.05, 0) is 24.1 Å². The zero-order valence-electron chi connectivity index (χ0n) is 15.5. The topological polar surface area (TPSA) is 54.3 Å². The third kappa shape index (κ3) is 4.77. The fourth-order valence-electron chi connectivity index (χ4n) is 2.86. The molecule has 1 aliphatic rings. The largest absolute Gasteiger partial charge is 0.496 e. The number of methoxy groups -OCH3 is 1. The van der Waals surface area contributed by atoms with Crippen LogP contribution in [0.1, 0.15) is 30.9 Å². The zero-order valence-corrected chi connectivity index (χ0v) is 16.4. The summed E-state index contributed by atoms with van der Waals surface area (Å²) in [4.78, 5) is 14.5. The monoisotopic (exact) mass is 381 g/mol. The van der Waals surface area contributed by atoms with Gasteiger partial charge in [0.1, 0.15) is 5.75 Å². The molecule has 1 fully saturated rings. The van der Waals surface area contributed by atoms with Gasteiger partial charge in [-0.1, -0.05) is 67.6 Å². The van der Waals surface area contributed by atoms with Crippen LogP contribution < -0.4 is 4.74 Å². The van der Waals surface area contributed by atoms with Crippen LogP contribution in [0, 0.1) is 0 Å². The number of benzene rings is 2. The van der Waals surface area contributed by atoms with Gasteiger partial charge in [0.05, 0.1) is 25.1 Å². The molecule has 3 rings (SSSR count). The Balaban J connectivity index is 1.82. The molecule has 5 nitrogen and oxygen atoms in total. The van der Waals surface area contributed by atoms with Gasteiger partial charge >= 0.3 is 0 Å². The predicted molar refractivity (Wildman–Crippen MR) is 111 cm³/mol. The molecule has 1 amide bonds. The maximum absolute atomic E-state index is 12.8. The number of hydrogen-bond donors (Lipinski definition) is 0. The molecule has 0 radical (unpaired) electrons. The highest BCUT2D eigenvalue weighted by molar-refractivity contribution is 8.15. The molecule has 2 aromatic rings. The van der Waals surface area contributed by atoms with Crippen molar-refractivity contribution in [1.82, 2.24) is 4.90 Å². The number of ether oxygens (including phenoxy) is 1. The first-order valence-electron chi connectivity index (χ1n) is 8.99. The van der Waals surface area contributed by atoms with E-state index in [4.69, 9.17) is 4.74 Å². The molecule has 27 heavy (non-hydrogen) atoms. The van der Waals surface area contributed by atoms with Gasteiger partial charge in [-0.2, -0.15) is 5.10 Å². The number of amidine groups is 1. The standard InChI is InChI=1S/C21H23N3O2S/c1-3-9-19-20(25)24(15-16-10-5-4-6-11-16)21(27-19)23-22-14-17-12-7-8-13-18(17)26-2/h4-8,10-14,19H,3,9,15H2,1-2H3/b22-14-,23-21-/t19-/m0/s1. The quantitative estimate of drug-likeness (QED) is 0.530. The van der Waals surface area contributed by atoms with E-state index in [0.29, 0.717) is 11.7 Å². The third-order valence-corrected chi connectivity index (χ3v) is 5.47. The van der Waals surface area contributed by atoms with Crippen molar-refractivity contribution in [2.45, 2.75) is 31.6 Å². The molecule has 6 heteroatoms. The van der Waals surface area contributed by atoms with Crippen LogP contribution in [-0.4, -0.2) is 34.5 Å². The van der Waals surface area contributed by atoms with E-state index in [1.54, 1.807) is 18.2 Å². The lowest BCUT2D eigenvalue weighted by atomic mass is 10.2. The van der Waals surface area contributed by atoms with Gasteiger partial charge in [-0.15, -0.1) is 5.10 Å². The van der Waals surface area contributed by atoms with E-state index in [2.05, 4.69) is 17.1 Å². The van der Waals surface area contributed by atoms with Crippen molar-refractivity contribution < 1.29 is 9.53 Å². The molecule has 0 N–H and O–H groups in total. The minimum atomic E-state index is -0.0843. The first kappa shape index (κ1) is 19.2. The Morgan fingerprint density at radius 1 is 1.15 bits per heavy atom. The van der Waals surface area contributed by atoms with Crippen LogP contribution in [0.15, 0.2) is 64.8 Å². The number of hydrogen-bond acceptors (Lipinski definition) is 5. The third-order valence-electron chi connectivity index (χ3n) is 4.23. The fraction of sp³-hybridized carbons (Fsp3) is 0.286. The molecule has 0 aliphatic carbocycles. The second-order valence-electron chi connectivity index (χ2n) is 6.17. The SMILES string of the molecule is CCC[C@@H]1S/C(=N\N=C/c2ccccc2OC)N(Cc2ccccc2)C1=O. The van der Waals surface area contributed by atoms with Gasteiger partial charge in [0, 0.05) is 5.56 Å². The van der Waals surface area contributed by atoms with E-state index in [0.717, 1.165) is 29.7 Å². The second kappa shape index (κ2) is 9.37. The lowest BCUT2D eigenvalue weighted by Gasteiger charge is -2.15. The molecule has 0 saturated carbocycles. The summed E-state index contributed by atoms with van der Waals surface area (Å²) in [6, 6.07) is 17.6. The Morgan fingerprint density at radius 3 is 2.63 bits per heavy atom. The van der Waals surface area contributed by atoms with Gasteiger partial charge in [-0.3, -0.25) is 9.69 Å². The lowest BCUT2D eigenvalue weighted by molar-refractivity contribution is -0.126. The highest BCUT2D eigenvalue weighted by Crippen LogP contribution is 2.31. The van der Waals surface area contributed by atoms with Crippen LogP contribution in [0.5, 0.6) is 5.75 Å². The van der Waals surface area contributed by atoms with Crippen LogP contribution in [0.2, 0.25) is 0 Å². The summed E-state index contributed by atoms with van der Waals surface area (Å²) in [6.45, 7) is 2.60. The van der Waals surface area contributed by atoms with Crippen LogP contribution in [0.4, 0.5) is 0 Å². The highest BCUT2D eigenvalue weighted by Gasteiger charge is 2.37. The van der Waals surface area contributed by atoms with Gasteiger partial charge in [0.25, 0.3) is 0 Å². The van der Waals surface area contributed by atoms with Crippen molar-refractivity contribution in [2.75, 3.05) is 7.11 Å². The van der Waals surface area contributed by atoms with Gasteiger partial charge < -0.3 is 4.74 Å². The van der Waals surface area contributed by atoms with Crippen molar-refractivity contribution in [3.05, 3.63) is 65.7 Å². The van der Waals surface area contributed by atoms with Crippen molar-refractivity contribution in [3.8, 4) is 5.75 Å². The minimum Gasteiger partial charge on any atom is -0.496 e. The minimum absolute atomic E-state index is 0.0843. The Kier molecular flexibility index (Phi) is 6.65. The van der Waals surface area contributed by atoms with Crippen LogP contribution in [-0.2, 0) is 11.3 Å². The van der Waals surface area contributed by atoms with Crippen molar-refractivity contribution in [2.24, 2.45) is 10.2 Å². The van der Waals surface area contributed by atoms with E-state index in [1.807, 2.05) is 54.6 Å². The average Bonchev–Trinajstić information content (AvgIpc) is 2.98. The van der Waals surface area contributed by atoms with Crippen molar-refractivity contribution >= 4 is 29.1 Å². The number of carbonyl (C=O) groups is 1. The predicted octanol–water partition coefficient (Wildman–Crippen LogP) is 4.33. The lowest BCUT2D eigenvalue weighted by Crippen LogP contribution is -2.31. The summed E-state index contributed by atoms with van der Waals surface area (Å²) in [6.07, 6.45) is 3.45. The molecule has 1 heterocycles. The summed E-state index contributed by atoms with van der Waals surface area (Å²) in [5, 5.41) is 9.14. The van der Waals surface area contributed by atoms with Gasteiger partial charge in [-0.25, -0.2) is 0 Å². The molecule has 0 spiro atoms. The van der Waals surface area contributed by atoms with Crippen LogP contribution in [0.25, 0.3) is 0 Å². The molecule has 0 aromatic heterocycles. The molecule has 140 valence electrons. The molecule has 0 unspecified atom stereocenters. The van der Waals surface area contributed by atoms with Crippen LogP contribution >= 0.6 is 11.8 Å². The second-order valence-corrected chi connectivity index (χ2v) is 7.34. The first-order valence-corrected chi connectivity index (χ1v) is 9.87. The molecule has 1 atom stereocenters. The maximum Gasteiger partial charge on any atom is 0.242 e. The normalized spacial score (nSPS) is 18.6. The summed E-state index contributed by atoms with van der Waals surface area (Å²) in [7, 11) is 1.63. The van der Waals surface area contributed by atoms with Crippen LogP contribution in [0.3, 0.4) is 0 Å².